The van der Waals surface area contributed by atoms with Gasteiger partial charge in [0.2, 0.25) is 0 Å². The van der Waals surface area contributed by atoms with Gasteiger partial charge in [0.15, 0.2) is 0 Å². The number of hydrogen-bond donors (Lipinski definition) is 2. The van der Waals surface area contributed by atoms with E-state index < -0.39 is 40.4 Å². The van der Waals surface area contributed by atoms with E-state index in [1.165, 1.54) is 0 Å². The molecular weight excluding hydrogens is 326 g/mol. The van der Waals surface area contributed by atoms with Gasteiger partial charge in [-0.1, -0.05) is 24.3 Å². The zero-order valence-corrected chi connectivity index (χ0v) is 11.3. The maximum Gasteiger partial charge on any atom is 0.433 e. The predicted octanol–water partition coefficient (Wildman–Crippen LogP) is 4.62. The molecule has 2 aromatic carbocycles. The Kier molecular flexibility index (Phi) is 3.96. The second-order valence-corrected chi connectivity index (χ2v) is 4.83. The number of benzene rings is 2. The first-order valence-electron chi connectivity index (χ1n) is 6.22. The molecule has 23 heavy (non-hydrogen) atoms. The molecule has 0 saturated heterocycles. The van der Waals surface area contributed by atoms with E-state index in [1.807, 2.05) is 0 Å². The Balaban J connectivity index is 2.72. The van der Waals surface area contributed by atoms with E-state index in [0.717, 1.165) is 24.3 Å². The highest BCUT2D eigenvalue weighted by molar-refractivity contribution is 5.39. The summed E-state index contributed by atoms with van der Waals surface area (Å²) < 4.78 is 83.2. The molecule has 0 aliphatic heterocycles. The van der Waals surface area contributed by atoms with Crippen LogP contribution in [0.25, 0.3) is 0 Å². The SMILES string of the molecule is Oc1cccc(C(F)(F)C(F)(c2cccc(O)c2)C(F)(F)F)c1. The second-order valence-electron chi connectivity index (χ2n) is 4.83. The van der Waals surface area contributed by atoms with Crippen LogP contribution >= 0.6 is 0 Å². The molecule has 2 aromatic rings. The van der Waals surface area contributed by atoms with E-state index in [-0.39, 0.29) is 6.07 Å². The molecule has 0 saturated carbocycles. The molecule has 0 spiro atoms. The lowest BCUT2D eigenvalue weighted by atomic mass is 9.84. The van der Waals surface area contributed by atoms with Crippen LogP contribution in [0.15, 0.2) is 48.5 Å². The lowest BCUT2D eigenvalue weighted by molar-refractivity contribution is -0.314. The fraction of sp³-hybridized carbons (Fsp3) is 0.200. The Hall–Kier alpha value is -2.38. The monoisotopic (exact) mass is 336 g/mol. The third-order valence-corrected chi connectivity index (χ3v) is 3.28. The van der Waals surface area contributed by atoms with Gasteiger partial charge in [-0.15, -0.1) is 0 Å². The third-order valence-electron chi connectivity index (χ3n) is 3.28. The summed E-state index contributed by atoms with van der Waals surface area (Å²) in [6, 6.07) is 5.29. The zero-order valence-electron chi connectivity index (χ0n) is 11.3. The van der Waals surface area contributed by atoms with Gasteiger partial charge >= 0.3 is 12.1 Å². The van der Waals surface area contributed by atoms with Gasteiger partial charge in [-0.2, -0.15) is 22.0 Å². The van der Waals surface area contributed by atoms with Crippen LogP contribution in [0.2, 0.25) is 0 Å². The highest BCUT2D eigenvalue weighted by atomic mass is 19.4. The van der Waals surface area contributed by atoms with Gasteiger partial charge in [0, 0.05) is 11.1 Å². The summed E-state index contributed by atoms with van der Waals surface area (Å²) in [7, 11) is 0. The average Bonchev–Trinajstić information content (AvgIpc) is 2.45. The molecule has 0 aromatic heterocycles. The first-order chi connectivity index (χ1) is 10.5. The van der Waals surface area contributed by atoms with Crippen LogP contribution in [-0.2, 0) is 11.6 Å². The van der Waals surface area contributed by atoms with E-state index in [9.17, 15) is 36.6 Å². The highest BCUT2D eigenvalue weighted by Gasteiger charge is 2.72. The number of alkyl halides is 6. The topological polar surface area (TPSA) is 40.5 Å². The molecular formula is C15H10F6O2. The molecule has 0 aliphatic carbocycles. The van der Waals surface area contributed by atoms with Crippen molar-refractivity contribution in [3.05, 3.63) is 59.7 Å². The third kappa shape index (κ3) is 2.69. The number of aromatic hydroxyl groups is 2. The van der Waals surface area contributed by atoms with E-state index in [2.05, 4.69) is 0 Å². The summed E-state index contributed by atoms with van der Waals surface area (Å²) in [5.41, 5.74) is -7.88. The van der Waals surface area contributed by atoms with Crippen LogP contribution in [0.4, 0.5) is 26.3 Å². The van der Waals surface area contributed by atoms with Gasteiger partial charge in [-0.05, 0) is 24.3 Å². The van der Waals surface area contributed by atoms with Gasteiger partial charge in [0.25, 0.3) is 5.67 Å². The molecule has 1 unspecified atom stereocenters. The van der Waals surface area contributed by atoms with Crippen molar-refractivity contribution in [3.63, 3.8) is 0 Å². The number of rotatable bonds is 3. The summed E-state index contributed by atoms with van der Waals surface area (Å²) >= 11 is 0. The number of hydrogen-bond acceptors (Lipinski definition) is 2. The molecule has 0 fully saturated rings. The molecule has 0 radical (unpaired) electrons. The van der Waals surface area contributed by atoms with Gasteiger partial charge < -0.3 is 10.2 Å². The summed E-state index contributed by atoms with van der Waals surface area (Å²) in [6.07, 6.45) is -5.98. The van der Waals surface area contributed by atoms with Crippen LogP contribution in [-0.4, -0.2) is 16.4 Å². The molecule has 8 heteroatoms. The van der Waals surface area contributed by atoms with Crippen LogP contribution in [0.3, 0.4) is 0 Å². The minimum atomic E-state index is -5.98. The Morgan fingerprint density at radius 3 is 1.52 bits per heavy atom. The second kappa shape index (κ2) is 5.36. The number of phenols is 2. The average molecular weight is 336 g/mol. The predicted molar refractivity (Wildman–Crippen MR) is 68.9 cm³/mol. The molecule has 0 aliphatic rings. The van der Waals surface area contributed by atoms with Crippen LogP contribution in [0.5, 0.6) is 11.5 Å². The van der Waals surface area contributed by atoms with Crippen LogP contribution in [0, 0.1) is 0 Å². The highest BCUT2D eigenvalue weighted by Crippen LogP contribution is 2.57. The molecule has 0 bridgehead atoms. The molecule has 1 atom stereocenters. The quantitative estimate of drug-likeness (QED) is 0.803. The van der Waals surface area contributed by atoms with Crippen molar-refractivity contribution in [2.45, 2.75) is 17.8 Å². The van der Waals surface area contributed by atoms with E-state index in [4.69, 9.17) is 0 Å². The first-order valence-corrected chi connectivity index (χ1v) is 6.22. The molecule has 2 N–H and O–H groups in total. The van der Waals surface area contributed by atoms with E-state index >= 15 is 0 Å². The number of halogens is 6. The number of phenolic OH excluding ortho intramolecular Hbond substituents is 2. The fourth-order valence-electron chi connectivity index (χ4n) is 2.14. The van der Waals surface area contributed by atoms with Crippen molar-refractivity contribution in [3.8, 4) is 11.5 Å². The summed E-state index contributed by atoms with van der Waals surface area (Å²) in [5.74, 6) is -6.57. The zero-order chi connectivity index (χ0) is 17.5. The normalized spacial score (nSPS) is 15.2. The van der Waals surface area contributed by atoms with Crippen molar-refractivity contribution < 1.29 is 36.6 Å². The van der Waals surface area contributed by atoms with E-state index in [1.54, 1.807) is 0 Å². The lowest BCUT2D eigenvalue weighted by Crippen LogP contribution is -2.51. The van der Waals surface area contributed by atoms with Crippen molar-refractivity contribution in [1.82, 2.24) is 0 Å². The minimum absolute atomic E-state index is 0.282. The largest absolute Gasteiger partial charge is 0.508 e. The van der Waals surface area contributed by atoms with Crippen molar-refractivity contribution in [2.24, 2.45) is 0 Å². The Morgan fingerprint density at radius 1 is 0.652 bits per heavy atom. The van der Waals surface area contributed by atoms with Crippen molar-refractivity contribution >= 4 is 0 Å². The van der Waals surface area contributed by atoms with Crippen molar-refractivity contribution in [2.75, 3.05) is 0 Å². The van der Waals surface area contributed by atoms with Gasteiger partial charge in [0.05, 0.1) is 0 Å². The molecule has 0 heterocycles. The maximum atomic E-state index is 14.7. The smallest absolute Gasteiger partial charge is 0.433 e. The van der Waals surface area contributed by atoms with Crippen molar-refractivity contribution in [1.29, 1.82) is 0 Å². The van der Waals surface area contributed by atoms with Gasteiger partial charge in [-0.3, -0.25) is 0 Å². The standard InChI is InChI=1S/C15H10F6O2/c16-13(15(19,20)21,9-3-1-5-11(22)7-9)14(17,18)10-4-2-6-12(23)8-10/h1-8,22-23H. The van der Waals surface area contributed by atoms with Gasteiger partial charge in [-0.25, -0.2) is 4.39 Å². The Morgan fingerprint density at radius 2 is 1.09 bits per heavy atom. The first kappa shape index (κ1) is 17.0. The van der Waals surface area contributed by atoms with E-state index in [0.29, 0.717) is 18.2 Å². The van der Waals surface area contributed by atoms with Crippen LogP contribution in [0.1, 0.15) is 11.1 Å². The summed E-state index contributed by atoms with van der Waals surface area (Å²) in [5, 5.41) is 18.4. The summed E-state index contributed by atoms with van der Waals surface area (Å²) in [4.78, 5) is 0. The van der Waals surface area contributed by atoms with Gasteiger partial charge in [0.1, 0.15) is 11.5 Å². The molecule has 0 amide bonds. The minimum Gasteiger partial charge on any atom is -0.508 e. The van der Waals surface area contributed by atoms with Crippen LogP contribution < -0.4 is 0 Å². The molecule has 2 rings (SSSR count). The lowest BCUT2D eigenvalue weighted by Gasteiger charge is -2.35. The molecule has 124 valence electrons. The Bertz CT molecular complexity index is 713. The fourth-order valence-corrected chi connectivity index (χ4v) is 2.14. The molecule has 2 nitrogen and oxygen atoms in total. The maximum absolute atomic E-state index is 14.7. The Labute approximate surface area is 126 Å². The summed E-state index contributed by atoms with van der Waals surface area (Å²) in [6.45, 7) is 0.